The van der Waals surface area contributed by atoms with Crippen LogP contribution in [0.3, 0.4) is 0 Å². The van der Waals surface area contributed by atoms with Gasteiger partial charge >= 0.3 is 6.18 Å². The topological polar surface area (TPSA) is 69.7 Å². The molecular weight excluding hydrogens is 455 g/mol. The lowest BCUT2D eigenvalue weighted by molar-refractivity contribution is -0.137. The maximum absolute atomic E-state index is 13.3. The summed E-state index contributed by atoms with van der Waals surface area (Å²) in [5, 5.41) is 2.03. The Bertz CT molecular complexity index is 1000. The van der Waals surface area contributed by atoms with E-state index in [4.69, 9.17) is 11.6 Å². The van der Waals surface area contributed by atoms with Crippen LogP contribution < -0.4 is 9.62 Å². The SMILES string of the molecule is CN(C)CCCNC(=O)CN(c1ccc(Cl)c(C(F)(F)F)c1)S(=O)(=O)c1ccccc1. The van der Waals surface area contributed by atoms with Crippen LogP contribution in [0.15, 0.2) is 53.4 Å². The van der Waals surface area contributed by atoms with Crippen molar-refractivity contribution in [2.75, 3.05) is 38.0 Å². The lowest BCUT2D eigenvalue weighted by Gasteiger charge is -2.25. The molecule has 6 nitrogen and oxygen atoms in total. The van der Waals surface area contributed by atoms with Gasteiger partial charge in [0.2, 0.25) is 5.91 Å². The summed E-state index contributed by atoms with van der Waals surface area (Å²) in [6.07, 6.45) is -4.16. The highest BCUT2D eigenvalue weighted by molar-refractivity contribution is 7.92. The number of nitrogens with one attached hydrogen (secondary N) is 1. The van der Waals surface area contributed by atoms with Crippen molar-refractivity contribution in [3.8, 4) is 0 Å². The summed E-state index contributed by atoms with van der Waals surface area (Å²) in [7, 11) is -0.575. The Kier molecular flexibility index (Phi) is 8.33. The van der Waals surface area contributed by atoms with Crippen LogP contribution in [-0.2, 0) is 21.0 Å². The highest BCUT2D eigenvalue weighted by Crippen LogP contribution is 2.37. The van der Waals surface area contributed by atoms with Crippen LogP contribution in [0.4, 0.5) is 18.9 Å². The second kappa shape index (κ2) is 10.3. The molecule has 1 amide bonds. The second-order valence-electron chi connectivity index (χ2n) is 6.99. The maximum Gasteiger partial charge on any atom is 0.417 e. The summed E-state index contributed by atoms with van der Waals surface area (Å²) in [4.78, 5) is 14.2. The molecule has 0 radical (unpaired) electrons. The Morgan fingerprint density at radius 2 is 1.74 bits per heavy atom. The van der Waals surface area contributed by atoms with Gasteiger partial charge in [0, 0.05) is 6.54 Å². The number of carbonyl (C=O) groups excluding carboxylic acids is 1. The highest BCUT2D eigenvalue weighted by Gasteiger charge is 2.35. The van der Waals surface area contributed by atoms with Crippen LogP contribution in [0.1, 0.15) is 12.0 Å². The molecular formula is C20H23ClF3N3O3S. The Hall–Kier alpha value is -2.30. The first-order valence-electron chi connectivity index (χ1n) is 9.29. The molecule has 0 aliphatic heterocycles. The molecule has 0 aliphatic carbocycles. The molecule has 0 saturated heterocycles. The first kappa shape index (κ1) is 25.0. The molecule has 0 atom stereocenters. The molecule has 0 heterocycles. The fourth-order valence-electron chi connectivity index (χ4n) is 2.73. The molecule has 2 aromatic carbocycles. The normalized spacial score (nSPS) is 12.1. The molecule has 0 spiro atoms. The van der Waals surface area contributed by atoms with Gasteiger partial charge in [0.05, 0.1) is 21.2 Å². The largest absolute Gasteiger partial charge is 0.417 e. The third kappa shape index (κ3) is 6.84. The van der Waals surface area contributed by atoms with Gasteiger partial charge in [-0.05, 0) is 57.4 Å². The Labute approximate surface area is 184 Å². The van der Waals surface area contributed by atoms with E-state index in [2.05, 4.69) is 5.32 Å². The Morgan fingerprint density at radius 3 is 2.32 bits per heavy atom. The van der Waals surface area contributed by atoms with Gasteiger partial charge in [-0.15, -0.1) is 0 Å². The monoisotopic (exact) mass is 477 g/mol. The molecule has 0 fully saturated rings. The molecule has 170 valence electrons. The number of halogens is 4. The van der Waals surface area contributed by atoms with Gasteiger partial charge in [0.25, 0.3) is 10.0 Å². The minimum atomic E-state index is -4.79. The van der Waals surface area contributed by atoms with Crippen molar-refractivity contribution < 1.29 is 26.4 Å². The molecule has 2 aromatic rings. The van der Waals surface area contributed by atoms with E-state index in [0.717, 1.165) is 12.1 Å². The standard InChI is InChI=1S/C20H23ClF3N3O3S/c1-26(2)12-6-11-25-19(28)14-27(31(29,30)16-7-4-3-5-8-16)15-9-10-18(21)17(13-15)20(22,23)24/h3-5,7-10,13H,6,11-12,14H2,1-2H3,(H,25,28). The molecule has 1 N–H and O–H groups in total. The van der Waals surface area contributed by atoms with Crippen LogP contribution in [0.2, 0.25) is 5.02 Å². The summed E-state index contributed by atoms with van der Waals surface area (Å²) < 4.78 is 66.9. The van der Waals surface area contributed by atoms with Gasteiger partial charge in [-0.3, -0.25) is 9.10 Å². The Morgan fingerprint density at radius 1 is 1.10 bits per heavy atom. The van der Waals surface area contributed by atoms with Gasteiger partial charge in [0.15, 0.2) is 0 Å². The van der Waals surface area contributed by atoms with Gasteiger partial charge in [-0.2, -0.15) is 13.2 Å². The van der Waals surface area contributed by atoms with E-state index in [0.29, 0.717) is 29.9 Å². The minimum absolute atomic E-state index is 0.154. The lowest BCUT2D eigenvalue weighted by Crippen LogP contribution is -2.41. The molecule has 0 saturated carbocycles. The van der Waals surface area contributed by atoms with Crippen molar-refractivity contribution in [1.82, 2.24) is 10.2 Å². The first-order valence-corrected chi connectivity index (χ1v) is 11.1. The smallest absolute Gasteiger partial charge is 0.354 e. The molecule has 2 rings (SSSR count). The summed E-state index contributed by atoms with van der Waals surface area (Å²) in [5.41, 5.74) is -1.50. The third-order valence-electron chi connectivity index (χ3n) is 4.27. The molecule has 11 heteroatoms. The van der Waals surface area contributed by atoms with Gasteiger partial charge in [0.1, 0.15) is 6.54 Å². The van der Waals surface area contributed by atoms with Gasteiger partial charge in [-0.1, -0.05) is 29.8 Å². The van der Waals surface area contributed by atoms with Crippen LogP contribution in [0.25, 0.3) is 0 Å². The van der Waals surface area contributed by atoms with Crippen LogP contribution in [-0.4, -0.2) is 53.0 Å². The van der Waals surface area contributed by atoms with Crippen molar-refractivity contribution in [2.45, 2.75) is 17.5 Å². The van der Waals surface area contributed by atoms with Crippen LogP contribution in [0, 0.1) is 0 Å². The van der Waals surface area contributed by atoms with Crippen molar-refractivity contribution in [1.29, 1.82) is 0 Å². The number of hydrogen-bond donors (Lipinski definition) is 1. The van der Waals surface area contributed by atoms with E-state index in [-0.39, 0.29) is 10.6 Å². The van der Waals surface area contributed by atoms with E-state index in [1.54, 1.807) is 6.07 Å². The summed E-state index contributed by atoms with van der Waals surface area (Å²) in [6, 6.07) is 9.90. The van der Waals surface area contributed by atoms with E-state index in [1.165, 1.54) is 24.3 Å². The number of nitrogens with zero attached hydrogens (tertiary/aromatic N) is 2. The maximum atomic E-state index is 13.3. The van der Waals surface area contributed by atoms with E-state index in [9.17, 15) is 26.4 Å². The van der Waals surface area contributed by atoms with Gasteiger partial charge < -0.3 is 10.2 Å². The number of anilines is 1. The predicted molar refractivity (Wildman–Crippen MR) is 114 cm³/mol. The number of amides is 1. The lowest BCUT2D eigenvalue weighted by atomic mass is 10.2. The number of alkyl halides is 3. The molecule has 0 aromatic heterocycles. The first-order chi connectivity index (χ1) is 14.4. The number of carbonyl (C=O) groups is 1. The summed E-state index contributed by atoms with van der Waals surface area (Å²) in [5.74, 6) is -0.637. The average Bonchev–Trinajstić information content (AvgIpc) is 2.69. The van der Waals surface area contributed by atoms with Crippen LogP contribution >= 0.6 is 11.6 Å². The number of benzene rings is 2. The fourth-order valence-corrected chi connectivity index (χ4v) is 4.39. The number of sulfonamides is 1. The van der Waals surface area contributed by atoms with E-state index in [1.807, 2.05) is 19.0 Å². The molecule has 0 unspecified atom stereocenters. The van der Waals surface area contributed by atoms with Crippen LogP contribution in [0.5, 0.6) is 0 Å². The summed E-state index contributed by atoms with van der Waals surface area (Å²) in [6.45, 7) is 0.321. The molecule has 31 heavy (non-hydrogen) atoms. The molecule has 0 bridgehead atoms. The number of hydrogen-bond acceptors (Lipinski definition) is 4. The van der Waals surface area contributed by atoms with Gasteiger partial charge in [-0.25, -0.2) is 8.42 Å². The number of rotatable bonds is 9. The minimum Gasteiger partial charge on any atom is -0.354 e. The van der Waals surface area contributed by atoms with Crippen molar-refractivity contribution in [3.05, 3.63) is 59.1 Å². The average molecular weight is 478 g/mol. The molecule has 0 aliphatic rings. The Balaban J connectivity index is 2.39. The quantitative estimate of drug-likeness (QED) is 0.560. The third-order valence-corrected chi connectivity index (χ3v) is 6.38. The zero-order valence-corrected chi connectivity index (χ0v) is 18.6. The van der Waals surface area contributed by atoms with E-state index >= 15 is 0 Å². The second-order valence-corrected chi connectivity index (χ2v) is 9.26. The summed E-state index contributed by atoms with van der Waals surface area (Å²) >= 11 is 5.66. The highest BCUT2D eigenvalue weighted by atomic mass is 35.5. The van der Waals surface area contributed by atoms with E-state index < -0.39 is 39.2 Å². The fraction of sp³-hybridized carbons (Fsp3) is 0.350. The zero-order chi connectivity index (χ0) is 23.2. The zero-order valence-electron chi connectivity index (χ0n) is 17.0. The van der Waals surface area contributed by atoms with Crippen molar-refractivity contribution >= 4 is 33.2 Å². The predicted octanol–water partition coefficient (Wildman–Crippen LogP) is 3.62. The van der Waals surface area contributed by atoms with Crippen molar-refractivity contribution in [3.63, 3.8) is 0 Å². The van der Waals surface area contributed by atoms with Crippen molar-refractivity contribution in [2.24, 2.45) is 0 Å².